The van der Waals surface area contributed by atoms with E-state index in [1.807, 2.05) is 38.2 Å². The minimum absolute atomic E-state index is 0.137. The maximum absolute atomic E-state index is 12.6. The molecule has 6 nitrogen and oxygen atoms in total. The van der Waals surface area contributed by atoms with E-state index in [9.17, 15) is 13.2 Å². The minimum Gasteiger partial charge on any atom is -0.324 e. The fourth-order valence-electron chi connectivity index (χ4n) is 2.54. The summed E-state index contributed by atoms with van der Waals surface area (Å²) in [5.74, 6) is -0.186. The molecule has 0 aromatic heterocycles. The molecule has 2 atom stereocenters. The first-order valence-corrected chi connectivity index (χ1v) is 10.3. The number of likely N-dealkylation sites (N-methyl/N-ethyl adjacent to an activating group) is 1. The molecule has 0 bridgehead atoms. The Morgan fingerprint density at radius 3 is 2.48 bits per heavy atom. The number of nitrogens with zero attached hydrogens (tertiary/aromatic N) is 1. The zero-order valence-electron chi connectivity index (χ0n) is 15.9. The number of amides is 1. The van der Waals surface area contributed by atoms with Gasteiger partial charge in [-0.25, -0.2) is 12.7 Å². The Bertz CT molecular complexity index is 916. The molecule has 8 heteroatoms. The third kappa shape index (κ3) is 5.52. The van der Waals surface area contributed by atoms with Crippen molar-refractivity contribution >= 4 is 33.2 Å². The molecule has 0 saturated heterocycles. The highest BCUT2D eigenvalue weighted by Crippen LogP contribution is 2.18. The SMILES string of the molecule is C[C@H](C(=O)Nc1cccc(S(=O)(=O)N(C)C)c1)[NH+](C)Cc1cccc(Cl)c1. The van der Waals surface area contributed by atoms with Crippen molar-refractivity contribution in [2.45, 2.75) is 24.4 Å². The van der Waals surface area contributed by atoms with Crippen molar-refractivity contribution < 1.29 is 18.1 Å². The van der Waals surface area contributed by atoms with Gasteiger partial charge in [-0.3, -0.25) is 4.79 Å². The standard InChI is InChI=1S/C19H24ClN3O3S/c1-14(23(4)13-15-7-5-8-16(20)11-15)19(24)21-17-9-6-10-18(12-17)27(25,26)22(2)3/h5-12,14H,13H2,1-4H3,(H,21,24)/p+1/t14-/m1/s1. The number of sulfonamides is 1. The summed E-state index contributed by atoms with van der Waals surface area (Å²) in [4.78, 5) is 13.7. The molecule has 0 heterocycles. The Hall–Kier alpha value is -1.93. The van der Waals surface area contributed by atoms with E-state index >= 15 is 0 Å². The van der Waals surface area contributed by atoms with Gasteiger partial charge in [0.2, 0.25) is 10.0 Å². The topological polar surface area (TPSA) is 70.9 Å². The molecule has 0 fully saturated rings. The van der Waals surface area contributed by atoms with Gasteiger partial charge in [-0.2, -0.15) is 0 Å². The van der Waals surface area contributed by atoms with Gasteiger partial charge in [-0.05, 0) is 37.3 Å². The Kier molecular flexibility index (Phi) is 7.00. The lowest BCUT2D eigenvalue weighted by Gasteiger charge is -2.21. The Morgan fingerprint density at radius 2 is 1.85 bits per heavy atom. The van der Waals surface area contributed by atoms with Gasteiger partial charge < -0.3 is 10.2 Å². The first kappa shape index (κ1) is 21.4. The molecule has 0 aliphatic carbocycles. The Labute approximate surface area is 165 Å². The summed E-state index contributed by atoms with van der Waals surface area (Å²) < 4.78 is 25.6. The Balaban J connectivity index is 2.08. The van der Waals surface area contributed by atoms with Crippen LogP contribution in [0.15, 0.2) is 53.4 Å². The Morgan fingerprint density at radius 1 is 1.19 bits per heavy atom. The first-order chi connectivity index (χ1) is 12.6. The van der Waals surface area contributed by atoms with Gasteiger partial charge in [-0.1, -0.05) is 29.8 Å². The second-order valence-corrected chi connectivity index (χ2v) is 9.27. The molecule has 2 rings (SSSR count). The summed E-state index contributed by atoms with van der Waals surface area (Å²) in [7, 11) is 1.31. The lowest BCUT2D eigenvalue weighted by molar-refractivity contribution is -0.907. The summed E-state index contributed by atoms with van der Waals surface area (Å²) >= 11 is 6.01. The molecule has 0 aliphatic rings. The number of halogens is 1. The quantitative estimate of drug-likeness (QED) is 0.728. The predicted octanol–water partition coefficient (Wildman–Crippen LogP) is 1.63. The second-order valence-electron chi connectivity index (χ2n) is 6.68. The number of carbonyl (C=O) groups excluding carboxylic acids is 1. The zero-order chi connectivity index (χ0) is 20.2. The molecule has 0 radical (unpaired) electrons. The highest BCUT2D eigenvalue weighted by molar-refractivity contribution is 7.89. The van der Waals surface area contributed by atoms with Crippen LogP contribution in [0.3, 0.4) is 0 Å². The third-order valence-corrected chi connectivity index (χ3v) is 6.43. The van der Waals surface area contributed by atoms with Gasteiger partial charge >= 0.3 is 0 Å². The molecule has 1 unspecified atom stereocenters. The summed E-state index contributed by atoms with van der Waals surface area (Å²) in [6, 6.07) is 13.5. The van der Waals surface area contributed by atoms with Crippen molar-refractivity contribution in [1.82, 2.24) is 4.31 Å². The molecular formula is C19H25ClN3O3S+. The second kappa shape index (κ2) is 8.84. The molecule has 146 valence electrons. The van der Waals surface area contributed by atoms with Crippen LogP contribution in [0.5, 0.6) is 0 Å². The smallest absolute Gasteiger partial charge is 0.282 e. The van der Waals surface area contributed by atoms with E-state index < -0.39 is 10.0 Å². The fraction of sp³-hybridized carbons (Fsp3) is 0.316. The minimum atomic E-state index is -3.55. The largest absolute Gasteiger partial charge is 0.324 e. The number of benzene rings is 2. The van der Waals surface area contributed by atoms with Gasteiger partial charge in [0, 0.05) is 30.4 Å². The van der Waals surface area contributed by atoms with Gasteiger partial charge in [0.1, 0.15) is 6.54 Å². The molecular weight excluding hydrogens is 386 g/mol. The maximum Gasteiger partial charge on any atom is 0.282 e. The summed E-state index contributed by atoms with van der Waals surface area (Å²) in [6.45, 7) is 2.47. The van der Waals surface area contributed by atoms with Crippen LogP contribution < -0.4 is 10.2 Å². The van der Waals surface area contributed by atoms with Crippen molar-refractivity contribution in [3.63, 3.8) is 0 Å². The van der Waals surface area contributed by atoms with E-state index in [0.717, 1.165) is 14.8 Å². The van der Waals surface area contributed by atoms with Crippen LogP contribution in [0.2, 0.25) is 5.02 Å². The van der Waals surface area contributed by atoms with Crippen molar-refractivity contribution in [1.29, 1.82) is 0 Å². The normalized spacial score (nSPS) is 14.0. The fourth-order valence-corrected chi connectivity index (χ4v) is 3.70. The molecule has 27 heavy (non-hydrogen) atoms. The molecule has 2 aromatic rings. The van der Waals surface area contributed by atoms with Crippen LogP contribution in [0.4, 0.5) is 5.69 Å². The molecule has 0 spiro atoms. The molecule has 0 saturated carbocycles. The van der Waals surface area contributed by atoms with Crippen molar-refractivity contribution in [3.05, 3.63) is 59.1 Å². The van der Waals surface area contributed by atoms with E-state index in [-0.39, 0.29) is 16.8 Å². The molecule has 1 amide bonds. The van der Waals surface area contributed by atoms with Crippen molar-refractivity contribution in [2.75, 3.05) is 26.5 Å². The average molecular weight is 411 g/mol. The van der Waals surface area contributed by atoms with Crippen LogP contribution in [0.1, 0.15) is 12.5 Å². The highest BCUT2D eigenvalue weighted by Gasteiger charge is 2.23. The van der Waals surface area contributed by atoms with E-state index in [1.165, 1.54) is 26.2 Å². The van der Waals surface area contributed by atoms with Gasteiger partial charge in [0.25, 0.3) is 5.91 Å². The molecule has 0 aliphatic heterocycles. The third-order valence-electron chi connectivity index (χ3n) is 4.38. The van der Waals surface area contributed by atoms with E-state index in [0.29, 0.717) is 17.3 Å². The number of carbonyl (C=O) groups is 1. The zero-order valence-corrected chi connectivity index (χ0v) is 17.4. The number of rotatable bonds is 7. The average Bonchev–Trinajstić information content (AvgIpc) is 2.61. The summed E-state index contributed by atoms with van der Waals surface area (Å²) in [5, 5.41) is 3.47. The molecule has 2 N–H and O–H groups in total. The van der Waals surface area contributed by atoms with Crippen LogP contribution in [0, 0.1) is 0 Å². The van der Waals surface area contributed by atoms with Crippen molar-refractivity contribution in [2.24, 2.45) is 0 Å². The first-order valence-electron chi connectivity index (χ1n) is 8.51. The van der Waals surface area contributed by atoms with E-state index in [4.69, 9.17) is 11.6 Å². The van der Waals surface area contributed by atoms with Crippen LogP contribution in [-0.4, -0.2) is 45.8 Å². The van der Waals surface area contributed by atoms with Gasteiger partial charge in [0.05, 0.1) is 11.9 Å². The predicted molar refractivity (Wildman–Crippen MR) is 107 cm³/mol. The van der Waals surface area contributed by atoms with Crippen LogP contribution in [-0.2, 0) is 21.4 Å². The van der Waals surface area contributed by atoms with E-state index in [2.05, 4.69) is 5.32 Å². The monoisotopic (exact) mass is 410 g/mol. The van der Waals surface area contributed by atoms with Crippen LogP contribution in [0.25, 0.3) is 0 Å². The number of hydrogen-bond donors (Lipinski definition) is 2. The lowest BCUT2D eigenvalue weighted by Crippen LogP contribution is -3.12. The van der Waals surface area contributed by atoms with Crippen LogP contribution >= 0.6 is 11.6 Å². The molecule has 2 aromatic carbocycles. The van der Waals surface area contributed by atoms with Gasteiger partial charge in [-0.15, -0.1) is 0 Å². The summed E-state index contributed by atoms with van der Waals surface area (Å²) in [5.41, 5.74) is 1.49. The van der Waals surface area contributed by atoms with E-state index in [1.54, 1.807) is 12.1 Å². The highest BCUT2D eigenvalue weighted by atomic mass is 35.5. The number of quaternary nitrogens is 1. The number of hydrogen-bond acceptors (Lipinski definition) is 3. The summed E-state index contributed by atoms with van der Waals surface area (Å²) in [6.07, 6.45) is 0. The lowest BCUT2D eigenvalue weighted by atomic mass is 10.2. The number of nitrogens with one attached hydrogen (secondary N) is 2. The van der Waals surface area contributed by atoms with Gasteiger partial charge in [0.15, 0.2) is 6.04 Å². The maximum atomic E-state index is 12.6. The van der Waals surface area contributed by atoms with Crippen molar-refractivity contribution in [3.8, 4) is 0 Å². The number of anilines is 1.